The van der Waals surface area contributed by atoms with Gasteiger partial charge in [0, 0.05) is 33.3 Å². The van der Waals surface area contributed by atoms with Crippen LogP contribution >= 0.6 is 11.3 Å². The summed E-state index contributed by atoms with van der Waals surface area (Å²) in [5, 5.41) is 1.41. The Hall–Kier alpha value is -2.15. The van der Waals surface area contributed by atoms with Crippen LogP contribution in [-0.4, -0.2) is 62.3 Å². The van der Waals surface area contributed by atoms with Crippen molar-refractivity contribution in [2.75, 3.05) is 52.5 Å². The topological polar surface area (TPSA) is 42.0 Å². The third-order valence-electron chi connectivity index (χ3n) is 5.75. The number of benzene rings is 2. The Balaban J connectivity index is 1.78. The summed E-state index contributed by atoms with van der Waals surface area (Å²) in [6.45, 7) is 15.6. The molecular weight excluding hydrogens is 408 g/mol. The predicted octanol–water partition coefficient (Wildman–Crippen LogP) is 4.86. The maximum atomic E-state index is 13.2. The minimum Gasteiger partial charge on any atom is -0.492 e. The van der Waals surface area contributed by atoms with Crippen molar-refractivity contribution in [1.82, 2.24) is 9.80 Å². The van der Waals surface area contributed by atoms with Crippen LogP contribution < -0.4 is 14.9 Å². The molecule has 0 saturated carbocycles. The summed E-state index contributed by atoms with van der Waals surface area (Å²) in [6.07, 6.45) is 0. The summed E-state index contributed by atoms with van der Waals surface area (Å²) in [5.41, 5.74) is 0.0344. The first kappa shape index (κ1) is 23.5. The molecule has 5 nitrogen and oxygen atoms in total. The summed E-state index contributed by atoms with van der Waals surface area (Å²) in [4.78, 5) is 17.9. The first-order valence-corrected chi connectivity index (χ1v) is 12.1. The molecule has 0 saturated heterocycles. The van der Waals surface area contributed by atoms with E-state index in [0.29, 0.717) is 24.0 Å². The lowest BCUT2D eigenvalue weighted by Gasteiger charge is -2.18. The van der Waals surface area contributed by atoms with Crippen LogP contribution in [0, 0.1) is 0 Å². The van der Waals surface area contributed by atoms with E-state index in [0.717, 1.165) is 60.2 Å². The van der Waals surface area contributed by atoms with Gasteiger partial charge in [0.1, 0.15) is 24.7 Å². The molecule has 0 spiro atoms. The van der Waals surface area contributed by atoms with E-state index < -0.39 is 0 Å². The van der Waals surface area contributed by atoms with Crippen LogP contribution in [0.4, 0.5) is 0 Å². The molecule has 0 aliphatic carbocycles. The van der Waals surface area contributed by atoms with Crippen molar-refractivity contribution in [3.8, 4) is 11.5 Å². The molecule has 31 heavy (non-hydrogen) atoms. The highest BCUT2D eigenvalue weighted by atomic mass is 32.1. The van der Waals surface area contributed by atoms with Crippen molar-refractivity contribution in [2.45, 2.75) is 27.7 Å². The Bertz CT molecular complexity index is 963. The average molecular weight is 443 g/mol. The van der Waals surface area contributed by atoms with Gasteiger partial charge in [0.25, 0.3) is 0 Å². The van der Waals surface area contributed by atoms with Crippen LogP contribution in [0.15, 0.2) is 41.2 Å². The van der Waals surface area contributed by atoms with Gasteiger partial charge in [0.05, 0.1) is 0 Å². The van der Waals surface area contributed by atoms with Crippen LogP contribution in [0.3, 0.4) is 0 Å². The largest absolute Gasteiger partial charge is 0.492 e. The third kappa shape index (κ3) is 5.97. The smallest absolute Gasteiger partial charge is 0.196 e. The van der Waals surface area contributed by atoms with E-state index >= 15 is 0 Å². The zero-order chi connectivity index (χ0) is 22.2. The molecule has 3 rings (SSSR count). The van der Waals surface area contributed by atoms with Gasteiger partial charge in [-0.1, -0.05) is 27.7 Å². The third-order valence-corrected chi connectivity index (χ3v) is 6.90. The van der Waals surface area contributed by atoms with Gasteiger partial charge in [-0.15, -0.1) is 11.3 Å². The van der Waals surface area contributed by atoms with Crippen LogP contribution in [0.1, 0.15) is 27.7 Å². The second-order valence-electron chi connectivity index (χ2n) is 7.50. The molecule has 0 amide bonds. The van der Waals surface area contributed by atoms with Gasteiger partial charge < -0.3 is 19.3 Å². The van der Waals surface area contributed by atoms with Crippen LogP contribution in [0.2, 0.25) is 0 Å². The number of ether oxygens (including phenoxy) is 2. The number of fused-ring (bicyclic) bond motifs is 2. The van der Waals surface area contributed by atoms with Crippen molar-refractivity contribution < 1.29 is 9.47 Å². The summed E-state index contributed by atoms with van der Waals surface area (Å²) in [5.74, 6) is 1.49. The number of rotatable bonds is 12. The summed E-state index contributed by atoms with van der Waals surface area (Å²) >= 11 is 1.63. The molecule has 2 aromatic carbocycles. The molecule has 0 radical (unpaired) electrons. The van der Waals surface area contributed by atoms with Crippen LogP contribution in [0.25, 0.3) is 20.2 Å². The van der Waals surface area contributed by atoms with Crippen molar-refractivity contribution in [2.24, 2.45) is 0 Å². The van der Waals surface area contributed by atoms with Gasteiger partial charge in [-0.25, -0.2) is 0 Å². The van der Waals surface area contributed by atoms with Gasteiger partial charge in [-0.05, 0) is 62.6 Å². The Morgan fingerprint density at radius 1 is 0.710 bits per heavy atom. The lowest BCUT2D eigenvalue weighted by Crippen LogP contribution is -2.27. The molecule has 3 aromatic rings. The Morgan fingerprint density at radius 3 is 1.52 bits per heavy atom. The van der Waals surface area contributed by atoms with Gasteiger partial charge in [-0.3, -0.25) is 4.79 Å². The zero-order valence-corrected chi connectivity index (χ0v) is 20.0. The first-order chi connectivity index (χ1) is 15.1. The molecule has 0 bridgehead atoms. The highest BCUT2D eigenvalue weighted by molar-refractivity contribution is 7.24. The highest BCUT2D eigenvalue weighted by Gasteiger charge is 2.10. The molecule has 0 N–H and O–H groups in total. The SMILES string of the molecule is CCN(CC)CCOc1ccc2sc3ccc(OCCN(CC)CC)cc3c(=O)c2c1. The molecule has 1 heterocycles. The molecular formula is C25H34N2O3S. The van der Waals surface area contributed by atoms with Crippen LogP contribution in [0.5, 0.6) is 11.5 Å². The fourth-order valence-corrected chi connectivity index (χ4v) is 4.69. The maximum absolute atomic E-state index is 13.2. The summed E-state index contributed by atoms with van der Waals surface area (Å²) in [7, 11) is 0. The normalized spacial score (nSPS) is 11.7. The number of nitrogens with zero attached hydrogens (tertiary/aromatic N) is 2. The fourth-order valence-electron chi connectivity index (χ4n) is 3.66. The van der Waals surface area contributed by atoms with E-state index in [2.05, 4.69) is 37.5 Å². The van der Waals surface area contributed by atoms with Gasteiger partial charge >= 0.3 is 0 Å². The standard InChI is InChI=1S/C25H34N2O3S/c1-5-26(6-2)13-15-29-19-9-11-23-21(17-19)25(28)22-18-20(10-12-24(22)31-23)30-16-14-27(7-3)8-4/h9-12,17-18H,5-8,13-16H2,1-4H3. The summed E-state index contributed by atoms with van der Waals surface area (Å²) in [6, 6.07) is 11.6. The minimum atomic E-state index is 0.0344. The Labute approximate surface area is 189 Å². The zero-order valence-electron chi connectivity index (χ0n) is 19.1. The quantitative estimate of drug-likeness (QED) is 0.375. The van der Waals surface area contributed by atoms with Crippen molar-refractivity contribution in [3.63, 3.8) is 0 Å². The van der Waals surface area contributed by atoms with Gasteiger partial charge in [-0.2, -0.15) is 0 Å². The minimum absolute atomic E-state index is 0.0344. The molecule has 1 aromatic heterocycles. The number of likely N-dealkylation sites (N-methyl/N-ethyl adjacent to an activating group) is 2. The van der Waals surface area contributed by atoms with E-state index in [1.54, 1.807) is 11.3 Å². The lowest BCUT2D eigenvalue weighted by molar-refractivity contribution is 0.223. The molecule has 0 aliphatic rings. The number of hydrogen-bond acceptors (Lipinski definition) is 6. The van der Waals surface area contributed by atoms with E-state index in [9.17, 15) is 4.79 Å². The molecule has 0 unspecified atom stereocenters. The van der Waals surface area contributed by atoms with E-state index in [1.807, 2.05) is 36.4 Å². The maximum Gasteiger partial charge on any atom is 0.196 e. The second kappa shape index (κ2) is 11.5. The summed E-state index contributed by atoms with van der Waals surface area (Å²) < 4.78 is 13.8. The van der Waals surface area contributed by atoms with Crippen molar-refractivity contribution >= 4 is 31.5 Å². The van der Waals surface area contributed by atoms with E-state index in [4.69, 9.17) is 9.47 Å². The highest BCUT2D eigenvalue weighted by Crippen LogP contribution is 2.29. The molecule has 0 fully saturated rings. The van der Waals surface area contributed by atoms with Crippen molar-refractivity contribution in [1.29, 1.82) is 0 Å². The molecule has 0 aliphatic heterocycles. The lowest BCUT2D eigenvalue weighted by atomic mass is 10.1. The monoisotopic (exact) mass is 442 g/mol. The second-order valence-corrected chi connectivity index (χ2v) is 8.58. The molecule has 0 atom stereocenters. The molecule has 6 heteroatoms. The number of hydrogen-bond donors (Lipinski definition) is 0. The van der Waals surface area contributed by atoms with Crippen LogP contribution in [-0.2, 0) is 0 Å². The van der Waals surface area contributed by atoms with Crippen molar-refractivity contribution in [3.05, 3.63) is 46.6 Å². The van der Waals surface area contributed by atoms with E-state index in [1.165, 1.54) is 0 Å². The Kier molecular flexibility index (Phi) is 8.69. The van der Waals surface area contributed by atoms with E-state index in [-0.39, 0.29) is 5.43 Å². The average Bonchev–Trinajstić information content (AvgIpc) is 2.80. The van der Waals surface area contributed by atoms with Gasteiger partial charge in [0.2, 0.25) is 0 Å². The predicted molar refractivity (Wildman–Crippen MR) is 132 cm³/mol. The molecule has 168 valence electrons. The van der Waals surface area contributed by atoms with Gasteiger partial charge in [0.15, 0.2) is 5.43 Å². The first-order valence-electron chi connectivity index (χ1n) is 11.3. The Morgan fingerprint density at radius 2 is 1.13 bits per heavy atom. The fraction of sp³-hybridized carbons (Fsp3) is 0.480.